The van der Waals surface area contributed by atoms with Gasteiger partial charge in [0.15, 0.2) is 0 Å². The van der Waals surface area contributed by atoms with Crippen LogP contribution in [-0.2, 0) is 16.0 Å². The van der Waals surface area contributed by atoms with Gasteiger partial charge in [0.2, 0.25) is 11.8 Å². The molecule has 1 saturated heterocycles. The van der Waals surface area contributed by atoms with Gasteiger partial charge in [-0.1, -0.05) is 28.1 Å². The van der Waals surface area contributed by atoms with Crippen LogP contribution < -0.4 is 4.90 Å². The lowest BCUT2D eigenvalue weighted by atomic mass is 9.98. The molecule has 22 heavy (non-hydrogen) atoms. The Balaban J connectivity index is 1.79. The van der Waals surface area contributed by atoms with Crippen LogP contribution in [0.5, 0.6) is 0 Å². The Morgan fingerprint density at radius 1 is 1.05 bits per heavy atom. The third-order valence-corrected chi connectivity index (χ3v) is 4.25. The molecule has 1 fully saturated rings. The van der Waals surface area contributed by atoms with E-state index in [1.807, 2.05) is 24.3 Å². The second-order valence-electron chi connectivity index (χ2n) is 5.28. The van der Waals surface area contributed by atoms with Crippen molar-refractivity contribution in [2.75, 3.05) is 4.90 Å². The van der Waals surface area contributed by atoms with Crippen molar-refractivity contribution in [3.05, 3.63) is 64.4 Å². The summed E-state index contributed by atoms with van der Waals surface area (Å²) < 4.78 is 13.9. The van der Waals surface area contributed by atoms with E-state index in [1.165, 1.54) is 24.3 Å². The number of anilines is 1. The van der Waals surface area contributed by atoms with Crippen molar-refractivity contribution >= 4 is 33.4 Å². The molecule has 0 spiro atoms. The van der Waals surface area contributed by atoms with Crippen LogP contribution in [0.2, 0.25) is 0 Å². The summed E-state index contributed by atoms with van der Waals surface area (Å²) in [6, 6.07) is 13.1. The van der Waals surface area contributed by atoms with Crippen LogP contribution >= 0.6 is 15.9 Å². The predicted molar refractivity (Wildman–Crippen MR) is 84.8 cm³/mol. The monoisotopic (exact) mass is 361 g/mol. The minimum atomic E-state index is -0.394. The van der Waals surface area contributed by atoms with Crippen LogP contribution in [-0.4, -0.2) is 11.8 Å². The van der Waals surface area contributed by atoms with E-state index in [1.54, 1.807) is 0 Å². The maximum absolute atomic E-state index is 13.0. The molecule has 1 heterocycles. The first-order valence-electron chi connectivity index (χ1n) is 6.91. The van der Waals surface area contributed by atoms with E-state index in [2.05, 4.69) is 15.9 Å². The van der Waals surface area contributed by atoms with Crippen molar-refractivity contribution in [1.82, 2.24) is 0 Å². The highest BCUT2D eigenvalue weighted by Gasteiger charge is 2.39. The first-order chi connectivity index (χ1) is 10.5. The number of nitrogens with zero attached hydrogens (tertiary/aromatic N) is 1. The first kappa shape index (κ1) is 14.9. The van der Waals surface area contributed by atoms with E-state index < -0.39 is 5.82 Å². The highest BCUT2D eigenvalue weighted by atomic mass is 79.9. The Kier molecular flexibility index (Phi) is 4.07. The summed E-state index contributed by atoms with van der Waals surface area (Å²) in [5.41, 5.74) is 1.44. The van der Waals surface area contributed by atoms with Crippen molar-refractivity contribution in [3.8, 4) is 0 Å². The number of hydrogen-bond acceptors (Lipinski definition) is 2. The quantitative estimate of drug-likeness (QED) is 0.781. The molecule has 0 aromatic heterocycles. The van der Waals surface area contributed by atoms with Gasteiger partial charge in [0.1, 0.15) is 5.82 Å². The summed E-state index contributed by atoms with van der Waals surface area (Å²) in [6.45, 7) is 0. The molecule has 0 aliphatic carbocycles. The Labute approximate surface area is 135 Å². The van der Waals surface area contributed by atoms with Crippen LogP contribution in [0, 0.1) is 11.7 Å². The number of halogens is 2. The van der Waals surface area contributed by atoms with Gasteiger partial charge in [-0.25, -0.2) is 4.39 Å². The number of amides is 2. The van der Waals surface area contributed by atoms with Gasteiger partial charge in [-0.3, -0.25) is 14.5 Å². The summed E-state index contributed by atoms with van der Waals surface area (Å²) in [6.07, 6.45) is 0.710. The minimum Gasteiger partial charge on any atom is -0.274 e. The third kappa shape index (κ3) is 2.95. The van der Waals surface area contributed by atoms with Crippen LogP contribution in [0.15, 0.2) is 53.0 Å². The number of hydrogen-bond donors (Lipinski definition) is 0. The zero-order chi connectivity index (χ0) is 15.7. The zero-order valence-electron chi connectivity index (χ0n) is 11.6. The zero-order valence-corrected chi connectivity index (χ0v) is 13.2. The molecule has 0 bridgehead atoms. The summed E-state index contributed by atoms with van der Waals surface area (Å²) >= 11 is 3.37. The van der Waals surface area contributed by atoms with Gasteiger partial charge in [0, 0.05) is 10.9 Å². The van der Waals surface area contributed by atoms with Crippen LogP contribution in [0.1, 0.15) is 12.0 Å². The van der Waals surface area contributed by atoms with Crippen molar-refractivity contribution in [2.24, 2.45) is 5.92 Å². The molecule has 0 saturated carbocycles. The Morgan fingerprint density at radius 2 is 1.68 bits per heavy atom. The fourth-order valence-electron chi connectivity index (χ4n) is 2.62. The summed E-state index contributed by atoms with van der Waals surface area (Å²) in [5.74, 6) is -1.22. The minimum absolute atomic E-state index is 0.187. The van der Waals surface area contributed by atoms with E-state index in [0.29, 0.717) is 12.1 Å². The lowest BCUT2D eigenvalue weighted by molar-refractivity contribution is -0.122. The fourth-order valence-corrected chi connectivity index (χ4v) is 2.89. The lowest BCUT2D eigenvalue weighted by Gasteiger charge is -2.15. The molecule has 3 nitrogen and oxygen atoms in total. The van der Waals surface area contributed by atoms with Crippen molar-refractivity contribution in [3.63, 3.8) is 0 Å². The molecule has 2 amide bonds. The van der Waals surface area contributed by atoms with E-state index in [4.69, 9.17) is 0 Å². The van der Waals surface area contributed by atoms with Gasteiger partial charge >= 0.3 is 0 Å². The highest BCUT2D eigenvalue weighted by molar-refractivity contribution is 9.10. The van der Waals surface area contributed by atoms with Gasteiger partial charge in [-0.15, -0.1) is 0 Å². The number of carbonyl (C=O) groups excluding carboxylic acids is 2. The molecule has 1 aliphatic heterocycles. The molecule has 1 aliphatic rings. The number of imide groups is 1. The summed E-state index contributed by atoms with van der Waals surface area (Å²) in [4.78, 5) is 25.8. The molecular formula is C17H13BrFNO2. The smallest absolute Gasteiger partial charge is 0.237 e. The molecule has 2 aromatic rings. The first-order valence-corrected chi connectivity index (χ1v) is 7.71. The standard InChI is InChI=1S/C17H13BrFNO2/c18-13-3-1-11(2-4-13)9-12-10-16(21)20(17(12)22)15-7-5-14(19)6-8-15/h1-8,12H,9-10H2/t12-/m0/s1. The second kappa shape index (κ2) is 6.01. The second-order valence-corrected chi connectivity index (χ2v) is 6.19. The molecule has 0 unspecified atom stereocenters. The normalized spacial score (nSPS) is 18.1. The van der Waals surface area contributed by atoms with Crippen molar-refractivity contribution < 1.29 is 14.0 Å². The predicted octanol–water partition coefficient (Wildman–Crippen LogP) is 3.71. The molecule has 3 rings (SSSR count). The molecule has 112 valence electrons. The Hall–Kier alpha value is -2.01. The number of benzene rings is 2. The van der Waals surface area contributed by atoms with Crippen molar-refractivity contribution in [2.45, 2.75) is 12.8 Å². The van der Waals surface area contributed by atoms with Crippen LogP contribution in [0.3, 0.4) is 0 Å². The summed E-state index contributed by atoms with van der Waals surface area (Å²) in [5, 5.41) is 0. The largest absolute Gasteiger partial charge is 0.274 e. The molecular weight excluding hydrogens is 349 g/mol. The van der Waals surface area contributed by atoms with Gasteiger partial charge in [-0.2, -0.15) is 0 Å². The molecule has 5 heteroatoms. The average Bonchev–Trinajstić information content (AvgIpc) is 2.77. The molecule has 0 radical (unpaired) electrons. The van der Waals surface area contributed by atoms with E-state index in [9.17, 15) is 14.0 Å². The lowest BCUT2D eigenvalue weighted by Crippen LogP contribution is -2.30. The number of carbonyl (C=O) groups is 2. The average molecular weight is 362 g/mol. The van der Waals surface area contributed by atoms with Crippen LogP contribution in [0.25, 0.3) is 0 Å². The van der Waals surface area contributed by atoms with E-state index in [-0.39, 0.29) is 24.2 Å². The molecule has 1 atom stereocenters. The Bertz CT molecular complexity index is 712. The van der Waals surface area contributed by atoms with Gasteiger partial charge in [0.05, 0.1) is 11.6 Å². The maximum atomic E-state index is 13.0. The topological polar surface area (TPSA) is 37.4 Å². The maximum Gasteiger partial charge on any atom is 0.237 e. The van der Waals surface area contributed by atoms with Crippen molar-refractivity contribution in [1.29, 1.82) is 0 Å². The van der Waals surface area contributed by atoms with Crippen LogP contribution in [0.4, 0.5) is 10.1 Å². The molecule has 0 N–H and O–H groups in total. The van der Waals surface area contributed by atoms with Gasteiger partial charge in [0.25, 0.3) is 0 Å². The third-order valence-electron chi connectivity index (χ3n) is 3.72. The fraction of sp³-hybridized carbons (Fsp3) is 0.176. The number of rotatable bonds is 3. The van der Waals surface area contributed by atoms with E-state index >= 15 is 0 Å². The molecule has 2 aromatic carbocycles. The summed E-state index contributed by atoms with van der Waals surface area (Å²) in [7, 11) is 0. The van der Waals surface area contributed by atoms with Gasteiger partial charge < -0.3 is 0 Å². The van der Waals surface area contributed by atoms with E-state index in [0.717, 1.165) is 14.9 Å². The Morgan fingerprint density at radius 3 is 2.32 bits per heavy atom. The highest BCUT2D eigenvalue weighted by Crippen LogP contribution is 2.29. The van der Waals surface area contributed by atoms with Gasteiger partial charge in [-0.05, 0) is 48.4 Å². The SMILES string of the molecule is O=C1C[C@H](Cc2ccc(Br)cc2)C(=O)N1c1ccc(F)cc1.